The molecule has 0 aliphatic rings. The summed E-state index contributed by atoms with van der Waals surface area (Å²) in [5.41, 5.74) is 11.6. The molecule has 1 unspecified atom stereocenters. The first-order chi connectivity index (χ1) is 9.11. The molecule has 2 aromatic carbocycles. The SMILES string of the molecule is NCC(N)c1c(F)cccc1Oc1ccc(Cl)cc1. The number of hydrogen-bond acceptors (Lipinski definition) is 3. The van der Waals surface area contributed by atoms with Gasteiger partial charge in [0.1, 0.15) is 17.3 Å². The Morgan fingerprint density at radius 2 is 1.84 bits per heavy atom. The molecule has 0 aromatic heterocycles. The molecule has 4 N–H and O–H groups in total. The molecule has 0 aliphatic carbocycles. The molecule has 1 atom stereocenters. The van der Waals surface area contributed by atoms with Crippen LogP contribution in [0, 0.1) is 5.82 Å². The lowest BCUT2D eigenvalue weighted by Crippen LogP contribution is -2.22. The molecular formula is C14H14ClFN2O. The van der Waals surface area contributed by atoms with Gasteiger partial charge in [-0.1, -0.05) is 17.7 Å². The van der Waals surface area contributed by atoms with E-state index >= 15 is 0 Å². The Morgan fingerprint density at radius 3 is 2.47 bits per heavy atom. The summed E-state index contributed by atoms with van der Waals surface area (Å²) in [6, 6.07) is 10.7. The van der Waals surface area contributed by atoms with E-state index in [1.54, 1.807) is 36.4 Å². The van der Waals surface area contributed by atoms with Crippen molar-refractivity contribution in [2.24, 2.45) is 11.5 Å². The van der Waals surface area contributed by atoms with Crippen LogP contribution in [0.25, 0.3) is 0 Å². The van der Waals surface area contributed by atoms with Crippen LogP contribution in [-0.4, -0.2) is 6.54 Å². The van der Waals surface area contributed by atoms with Gasteiger partial charge in [-0.05, 0) is 36.4 Å². The van der Waals surface area contributed by atoms with Gasteiger partial charge in [-0.25, -0.2) is 4.39 Å². The summed E-state index contributed by atoms with van der Waals surface area (Å²) in [5.74, 6) is 0.491. The van der Waals surface area contributed by atoms with E-state index in [0.29, 0.717) is 16.5 Å². The highest BCUT2D eigenvalue weighted by atomic mass is 35.5. The number of benzene rings is 2. The van der Waals surface area contributed by atoms with E-state index in [1.807, 2.05) is 0 Å². The highest BCUT2D eigenvalue weighted by molar-refractivity contribution is 6.30. The van der Waals surface area contributed by atoms with E-state index in [2.05, 4.69) is 0 Å². The Bertz CT molecular complexity index is 560. The zero-order chi connectivity index (χ0) is 13.8. The average molecular weight is 281 g/mol. The Labute approximate surface area is 115 Å². The van der Waals surface area contributed by atoms with Crippen LogP contribution in [0.15, 0.2) is 42.5 Å². The second-order valence-electron chi connectivity index (χ2n) is 4.05. The molecule has 100 valence electrons. The molecule has 0 saturated carbocycles. The van der Waals surface area contributed by atoms with Gasteiger partial charge in [0.25, 0.3) is 0 Å². The molecule has 0 heterocycles. The zero-order valence-electron chi connectivity index (χ0n) is 10.1. The molecule has 0 radical (unpaired) electrons. The minimum atomic E-state index is -0.608. The third-order valence-electron chi connectivity index (χ3n) is 2.68. The highest BCUT2D eigenvalue weighted by Gasteiger charge is 2.16. The van der Waals surface area contributed by atoms with E-state index in [-0.39, 0.29) is 12.1 Å². The fourth-order valence-corrected chi connectivity index (χ4v) is 1.84. The average Bonchev–Trinajstić information content (AvgIpc) is 2.41. The first-order valence-electron chi connectivity index (χ1n) is 5.79. The molecule has 0 amide bonds. The van der Waals surface area contributed by atoms with Crippen LogP contribution in [0.3, 0.4) is 0 Å². The monoisotopic (exact) mass is 280 g/mol. The van der Waals surface area contributed by atoms with Gasteiger partial charge in [-0.2, -0.15) is 0 Å². The van der Waals surface area contributed by atoms with E-state index in [1.165, 1.54) is 6.07 Å². The summed E-state index contributed by atoms with van der Waals surface area (Å²) in [6.07, 6.45) is 0. The van der Waals surface area contributed by atoms with Crippen LogP contribution in [0.1, 0.15) is 11.6 Å². The first kappa shape index (κ1) is 13.8. The van der Waals surface area contributed by atoms with Gasteiger partial charge in [0.15, 0.2) is 0 Å². The maximum absolute atomic E-state index is 13.8. The summed E-state index contributed by atoms with van der Waals surface area (Å²) in [4.78, 5) is 0. The van der Waals surface area contributed by atoms with E-state index in [9.17, 15) is 4.39 Å². The quantitative estimate of drug-likeness (QED) is 0.904. The van der Waals surface area contributed by atoms with E-state index in [4.69, 9.17) is 27.8 Å². The molecule has 0 saturated heterocycles. The number of nitrogens with two attached hydrogens (primary N) is 2. The van der Waals surface area contributed by atoms with Crippen molar-refractivity contribution in [1.82, 2.24) is 0 Å². The first-order valence-corrected chi connectivity index (χ1v) is 6.17. The molecule has 19 heavy (non-hydrogen) atoms. The van der Waals surface area contributed by atoms with Crippen molar-refractivity contribution < 1.29 is 9.13 Å². The highest BCUT2D eigenvalue weighted by Crippen LogP contribution is 2.31. The van der Waals surface area contributed by atoms with Gasteiger partial charge in [-0.15, -0.1) is 0 Å². The van der Waals surface area contributed by atoms with Crippen LogP contribution in [-0.2, 0) is 0 Å². The van der Waals surface area contributed by atoms with Crippen molar-refractivity contribution in [3.8, 4) is 11.5 Å². The number of rotatable bonds is 4. The minimum Gasteiger partial charge on any atom is -0.457 e. The Kier molecular flexibility index (Phi) is 4.37. The van der Waals surface area contributed by atoms with Crippen molar-refractivity contribution in [2.75, 3.05) is 6.54 Å². The third-order valence-corrected chi connectivity index (χ3v) is 2.93. The molecule has 2 aromatic rings. The predicted octanol–water partition coefficient (Wildman–Crippen LogP) is 3.23. The van der Waals surface area contributed by atoms with Gasteiger partial charge in [-0.3, -0.25) is 0 Å². The zero-order valence-corrected chi connectivity index (χ0v) is 10.9. The second-order valence-corrected chi connectivity index (χ2v) is 4.49. The number of ether oxygens (including phenoxy) is 1. The van der Waals surface area contributed by atoms with Gasteiger partial charge in [0, 0.05) is 23.2 Å². The molecular weight excluding hydrogens is 267 g/mol. The molecule has 5 heteroatoms. The smallest absolute Gasteiger partial charge is 0.135 e. The third kappa shape index (κ3) is 3.23. The normalized spacial score (nSPS) is 12.2. The minimum absolute atomic E-state index is 0.137. The maximum atomic E-state index is 13.8. The van der Waals surface area contributed by atoms with E-state index < -0.39 is 11.9 Å². The lowest BCUT2D eigenvalue weighted by molar-refractivity contribution is 0.458. The molecule has 0 bridgehead atoms. The maximum Gasteiger partial charge on any atom is 0.135 e. The standard InChI is InChI=1S/C14H14ClFN2O/c15-9-4-6-10(7-5-9)19-13-3-1-2-11(16)14(13)12(18)8-17/h1-7,12H,8,17-18H2. The molecule has 3 nitrogen and oxygen atoms in total. The van der Waals surface area contributed by atoms with Crippen molar-refractivity contribution >= 4 is 11.6 Å². The topological polar surface area (TPSA) is 61.3 Å². The fourth-order valence-electron chi connectivity index (χ4n) is 1.71. The Balaban J connectivity index is 2.34. The van der Waals surface area contributed by atoms with Crippen LogP contribution >= 0.6 is 11.6 Å². The summed E-state index contributed by atoms with van der Waals surface area (Å²) in [7, 11) is 0. The van der Waals surface area contributed by atoms with Crippen molar-refractivity contribution in [3.05, 3.63) is 58.9 Å². The van der Waals surface area contributed by atoms with Gasteiger partial charge < -0.3 is 16.2 Å². The molecule has 0 fully saturated rings. The summed E-state index contributed by atoms with van der Waals surface area (Å²) in [5, 5.41) is 0.602. The summed E-state index contributed by atoms with van der Waals surface area (Å²) in [6.45, 7) is 0.137. The van der Waals surface area contributed by atoms with Gasteiger partial charge in [0.2, 0.25) is 0 Å². The summed E-state index contributed by atoms with van der Waals surface area (Å²) >= 11 is 5.79. The van der Waals surface area contributed by atoms with Gasteiger partial charge >= 0.3 is 0 Å². The molecule has 0 spiro atoms. The van der Waals surface area contributed by atoms with Crippen LogP contribution in [0.5, 0.6) is 11.5 Å². The lowest BCUT2D eigenvalue weighted by atomic mass is 10.1. The Hall–Kier alpha value is -1.62. The molecule has 0 aliphatic heterocycles. The van der Waals surface area contributed by atoms with E-state index in [0.717, 1.165) is 0 Å². The van der Waals surface area contributed by atoms with Crippen LogP contribution in [0.4, 0.5) is 4.39 Å². The van der Waals surface area contributed by atoms with Crippen molar-refractivity contribution in [1.29, 1.82) is 0 Å². The van der Waals surface area contributed by atoms with Crippen LogP contribution < -0.4 is 16.2 Å². The van der Waals surface area contributed by atoms with Crippen molar-refractivity contribution in [2.45, 2.75) is 6.04 Å². The largest absolute Gasteiger partial charge is 0.457 e. The van der Waals surface area contributed by atoms with Crippen molar-refractivity contribution in [3.63, 3.8) is 0 Å². The predicted molar refractivity (Wildman–Crippen MR) is 73.9 cm³/mol. The number of halogens is 2. The van der Waals surface area contributed by atoms with Gasteiger partial charge in [0.05, 0.1) is 0 Å². The van der Waals surface area contributed by atoms with Crippen LogP contribution in [0.2, 0.25) is 5.02 Å². The molecule has 2 rings (SSSR count). The Morgan fingerprint density at radius 1 is 1.16 bits per heavy atom. The number of hydrogen-bond donors (Lipinski definition) is 2. The summed E-state index contributed by atoms with van der Waals surface area (Å²) < 4.78 is 19.5. The lowest BCUT2D eigenvalue weighted by Gasteiger charge is -2.16. The second kappa shape index (κ2) is 6.02. The fraction of sp³-hybridized carbons (Fsp3) is 0.143.